The second-order valence-electron chi connectivity index (χ2n) is 5.37. The van der Waals surface area contributed by atoms with Crippen molar-refractivity contribution in [2.75, 3.05) is 11.9 Å². The molecule has 0 radical (unpaired) electrons. The van der Waals surface area contributed by atoms with E-state index >= 15 is 0 Å². The van der Waals surface area contributed by atoms with E-state index in [4.69, 9.17) is 28.6 Å². The van der Waals surface area contributed by atoms with Crippen LogP contribution in [0.15, 0.2) is 65.1 Å². The topological polar surface area (TPSA) is 50.4 Å². The second kappa shape index (κ2) is 8.49. The molecule has 0 spiro atoms. The number of thiocarbonyl (C=S) groups is 1. The third-order valence-electron chi connectivity index (χ3n) is 3.56. The Labute approximate surface area is 169 Å². The number of benzene rings is 3. The molecule has 2 N–H and O–H groups in total. The Kier molecular flexibility index (Phi) is 6.08. The fourth-order valence-corrected chi connectivity index (χ4v) is 3.36. The van der Waals surface area contributed by atoms with Crippen LogP contribution in [0.3, 0.4) is 0 Å². The number of carbonyl (C=O) groups is 1. The number of amides is 1. The molecule has 3 rings (SSSR count). The number of anilines is 1. The number of para-hydroxylation sites is 1. The molecule has 7 heteroatoms. The molecule has 0 bridgehead atoms. The van der Waals surface area contributed by atoms with Gasteiger partial charge in [0.25, 0.3) is 5.91 Å². The van der Waals surface area contributed by atoms with Crippen LogP contribution in [0.5, 0.6) is 5.75 Å². The van der Waals surface area contributed by atoms with Gasteiger partial charge in [0.05, 0.1) is 15.2 Å². The molecule has 0 aromatic heterocycles. The molecule has 132 valence electrons. The summed E-state index contributed by atoms with van der Waals surface area (Å²) >= 11 is 14.7. The van der Waals surface area contributed by atoms with Crippen molar-refractivity contribution in [3.63, 3.8) is 0 Å². The summed E-state index contributed by atoms with van der Waals surface area (Å²) < 4.78 is 6.41. The fraction of sp³-hybridized carbons (Fsp3) is 0.0526. The van der Waals surface area contributed by atoms with E-state index in [-0.39, 0.29) is 17.6 Å². The summed E-state index contributed by atoms with van der Waals surface area (Å²) in [5.74, 6) is 0.221. The van der Waals surface area contributed by atoms with Gasteiger partial charge in [-0.3, -0.25) is 10.1 Å². The first-order chi connectivity index (χ1) is 12.5. The maximum Gasteiger partial charge on any atom is 0.264 e. The summed E-state index contributed by atoms with van der Waals surface area (Å²) in [6, 6.07) is 18.8. The van der Waals surface area contributed by atoms with E-state index in [0.29, 0.717) is 16.5 Å². The molecule has 1 amide bonds. The first kappa shape index (κ1) is 18.6. The zero-order chi connectivity index (χ0) is 18.5. The molecule has 4 nitrogen and oxygen atoms in total. The lowest BCUT2D eigenvalue weighted by Crippen LogP contribution is -2.37. The molecule has 0 saturated heterocycles. The minimum atomic E-state index is -0.366. The smallest absolute Gasteiger partial charge is 0.264 e. The van der Waals surface area contributed by atoms with Crippen molar-refractivity contribution in [3.8, 4) is 5.75 Å². The van der Waals surface area contributed by atoms with E-state index in [2.05, 4.69) is 26.6 Å². The maximum atomic E-state index is 12.1. The zero-order valence-corrected chi connectivity index (χ0v) is 16.6. The molecule has 0 atom stereocenters. The Morgan fingerprint density at radius 1 is 1.08 bits per heavy atom. The molecule has 3 aromatic rings. The second-order valence-corrected chi connectivity index (χ2v) is 6.98. The van der Waals surface area contributed by atoms with Gasteiger partial charge in [-0.15, -0.1) is 0 Å². The number of fused-ring (bicyclic) bond motifs is 1. The number of hydrogen-bond donors (Lipinski definition) is 2. The van der Waals surface area contributed by atoms with Gasteiger partial charge in [0.2, 0.25) is 0 Å². The van der Waals surface area contributed by atoms with Gasteiger partial charge in [-0.2, -0.15) is 0 Å². The van der Waals surface area contributed by atoms with E-state index in [1.54, 1.807) is 12.1 Å². The van der Waals surface area contributed by atoms with Gasteiger partial charge in [-0.1, -0.05) is 54.1 Å². The van der Waals surface area contributed by atoms with Crippen molar-refractivity contribution in [2.45, 2.75) is 0 Å². The molecule has 0 aliphatic carbocycles. The van der Waals surface area contributed by atoms with Gasteiger partial charge in [-0.25, -0.2) is 0 Å². The predicted molar refractivity (Wildman–Crippen MR) is 113 cm³/mol. The highest BCUT2D eigenvalue weighted by Crippen LogP contribution is 2.32. The van der Waals surface area contributed by atoms with Crippen molar-refractivity contribution in [1.29, 1.82) is 0 Å². The molecule has 3 aromatic carbocycles. The average molecular weight is 450 g/mol. The Morgan fingerprint density at radius 3 is 2.62 bits per heavy atom. The van der Waals surface area contributed by atoms with E-state index in [1.807, 2.05) is 48.5 Å². The van der Waals surface area contributed by atoms with Crippen molar-refractivity contribution in [2.24, 2.45) is 0 Å². The predicted octanol–water partition coefficient (Wildman–Crippen LogP) is 5.15. The molecule has 0 heterocycles. The Bertz CT molecular complexity index is 981. The van der Waals surface area contributed by atoms with Gasteiger partial charge < -0.3 is 10.1 Å². The Hall–Kier alpha value is -2.15. The molecule has 26 heavy (non-hydrogen) atoms. The number of halogens is 2. The lowest BCUT2D eigenvalue weighted by atomic mass is 10.1. The van der Waals surface area contributed by atoms with Gasteiger partial charge in [0, 0.05) is 0 Å². The summed E-state index contributed by atoms with van der Waals surface area (Å²) in [4.78, 5) is 12.1. The molecule has 0 fully saturated rings. The van der Waals surface area contributed by atoms with Crippen LogP contribution >= 0.6 is 39.7 Å². The first-order valence-corrected chi connectivity index (χ1v) is 9.28. The quantitative estimate of drug-likeness (QED) is 0.541. The van der Waals surface area contributed by atoms with E-state index in [9.17, 15) is 4.79 Å². The van der Waals surface area contributed by atoms with E-state index in [1.165, 1.54) is 0 Å². The van der Waals surface area contributed by atoms with Gasteiger partial charge in [0.1, 0.15) is 5.75 Å². The maximum absolute atomic E-state index is 12.1. The molecule has 0 unspecified atom stereocenters. The summed E-state index contributed by atoms with van der Waals surface area (Å²) in [5.41, 5.74) is 0.623. The fourth-order valence-electron chi connectivity index (χ4n) is 2.35. The normalized spacial score (nSPS) is 10.4. The lowest BCUT2D eigenvalue weighted by Gasteiger charge is -2.12. The minimum absolute atomic E-state index is 0.157. The van der Waals surface area contributed by atoms with Crippen LogP contribution in [-0.2, 0) is 4.79 Å². The van der Waals surface area contributed by atoms with Crippen LogP contribution in [0.1, 0.15) is 0 Å². The van der Waals surface area contributed by atoms with Crippen LogP contribution < -0.4 is 15.4 Å². The van der Waals surface area contributed by atoms with Crippen molar-refractivity contribution < 1.29 is 9.53 Å². The Balaban J connectivity index is 1.58. The standard InChI is InChI=1S/C19H14BrClN2O2S/c20-18-13-6-2-1-5-12(13)9-10-16(18)25-11-17(24)23-19(26)22-15-8-4-3-7-14(15)21/h1-10H,11H2,(H2,22,23,24,26). The third-order valence-corrected chi connectivity index (χ3v) is 4.91. The van der Waals surface area contributed by atoms with Gasteiger partial charge >= 0.3 is 0 Å². The van der Waals surface area contributed by atoms with Crippen molar-refractivity contribution in [1.82, 2.24) is 5.32 Å². The Morgan fingerprint density at radius 2 is 1.81 bits per heavy atom. The molecule has 0 aliphatic rings. The number of hydrogen-bond acceptors (Lipinski definition) is 3. The van der Waals surface area contributed by atoms with E-state index < -0.39 is 0 Å². The number of ether oxygens (including phenoxy) is 1. The van der Waals surface area contributed by atoms with Gasteiger partial charge in [0.15, 0.2) is 11.7 Å². The molecular weight excluding hydrogens is 436 g/mol. The molecular formula is C19H14BrClN2O2S. The number of nitrogens with one attached hydrogen (secondary N) is 2. The lowest BCUT2D eigenvalue weighted by molar-refractivity contribution is -0.121. The highest BCUT2D eigenvalue weighted by molar-refractivity contribution is 9.10. The molecule has 0 saturated carbocycles. The van der Waals surface area contributed by atoms with Crippen LogP contribution in [0.2, 0.25) is 5.02 Å². The van der Waals surface area contributed by atoms with Crippen molar-refractivity contribution in [3.05, 3.63) is 70.2 Å². The summed E-state index contributed by atoms with van der Waals surface area (Å²) in [6.45, 7) is -0.165. The summed E-state index contributed by atoms with van der Waals surface area (Å²) in [5, 5.41) is 8.21. The third kappa shape index (κ3) is 4.52. The minimum Gasteiger partial charge on any atom is -0.483 e. The number of rotatable bonds is 4. The highest BCUT2D eigenvalue weighted by atomic mass is 79.9. The van der Waals surface area contributed by atoms with Gasteiger partial charge in [-0.05, 0) is 57.1 Å². The zero-order valence-electron chi connectivity index (χ0n) is 13.5. The van der Waals surface area contributed by atoms with Crippen LogP contribution in [0.25, 0.3) is 10.8 Å². The average Bonchev–Trinajstić information content (AvgIpc) is 2.63. The number of carbonyl (C=O) groups excluding carboxylic acids is 1. The van der Waals surface area contributed by atoms with Crippen molar-refractivity contribution >= 4 is 67.2 Å². The first-order valence-electron chi connectivity index (χ1n) is 7.70. The SMILES string of the molecule is O=C(COc1ccc2ccccc2c1Br)NC(=S)Nc1ccccc1Cl. The highest BCUT2D eigenvalue weighted by Gasteiger charge is 2.10. The van der Waals surface area contributed by atoms with Crippen LogP contribution in [0.4, 0.5) is 5.69 Å². The van der Waals surface area contributed by atoms with Crippen LogP contribution in [0, 0.1) is 0 Å². The van der Waals surface area contributed by atoms with E-state index in [0.717, 1.165) is 15.2 Å². The molecule has 0 aliphatic heterocycles. The summed E-state index contributed by atoms with van der Waals surface area (Å²) in [7, 11) is 0. The van der Waals surface area contributed by atoms with Crippen LogP contribution in [-0.4, -0.2) is 17.6 Å². The largest absolute Gasteiger partial charge is 0.483 e. The monoisotopic (exact) mass is 448 g/mol. The summed E-state index contributed by atoms with van der Waals surface area (Å²) in [6.07, 6.45) is 0.